The third-order valence-electron chi connectivity index (χ3n) is 4.27. The van der Waals surface area contributed by atoms with E-state index in [4.69, 9.17) is 21.1 Å². The first-order valence-corrected chi connectivity index (χ1v) is 10.6. The topological polar surface area (TPSA) is 59.9 Å². The van der Waals surface area contributed by atoms with E-state index < -0.39 is 5.91 Å². The summed E-state index contributed by atoms with van der Waals surface area (Å²) in [5.41, 5.74) is 4.64. The Morgan fingerprint density at radius 2 is 1.91 bits per heavy atom. The first kappa shape index (κ1) is 23.5. The molecule has 1 N–H and O–H groups in total. The molecule has 1 amide bonds. The molecule has 3 aromatic rings. The van der Waals surface area contributed by atoms with Gasteiger partial charge < -0.3 is 9.47 Å². The highest BCUT2D eigenvalue weighted by Gasteiger charge is 2.12. The number of hydrogen-bond acceptors (Lipinski definition) is 4. The van der Waals surface area contributed by atoms with Crippen molar-refractivity contribution in [1.82, 2.24) is 5.43 Å². The van der Waals surface area contributed by atoms with Crippen molar-refractivity contribution < 1.29 is 18.7 Å². The van der Waals surface area contributed by atoms with E-state index >= 15 is 0 Å². The highest BCUT2D eigenvalue weighted by atomic mass is 79.9. The molecule has 0 heterocycles. The first-order valence-electron chi connectivity index (χ1n) is 9.46. The molecule has 5 nitrogen and oxygen atoms in total. The zero-order valence-electron chi connectivity index (χ0n) is 17.0. The molecule has 0 aliphatic rings. The van der Waals surface area contributed by atoms with E-state index in [-0.39, 0.29) is 12.4 Å². The fourth-order valence-electron chi connectivity index (χ4n) is 2.67. The van der Waals surface area contributed by atoms with Crippen molar-refractivity contribution in [3.63, 3.8) is 0 Å². The standard InChI is InChI=1S/C24H19BrClFN2O3/c1-31-22-13-17(12-20(25)24(22)32-15-18-4-2-3-5-21(18)26)14-28-29-23(30)11-8-16-6-9-19(27)10-7-16/h2-14H,15H2,1H3,(H,29,30)/b11-8+,28-14-. The Morgan fingerprint density at radius 1 is 1.16 bits per heavy atom. The van der Waals surface area contributed by atoms with E-state index in [9.17, 15) is 9.18 Å². The van der Waals surface area contributed by atoms with Gasteiger partial charge in [0.1, 0.15) is 12.4 Å². The van der Waals surface area contributed by atoms with Crippen molar-refractivity contribution in [2.75, 3.05) is 7.11 Å². The number of ether oxygens (including phenoxy) is 2. The molecule has 8 heteroatoms. The van der Waals surface area contributed by atoms with Crippen LogP contribution in [0.3, 0.4) is 0 Å². The molecule has 3 aromatic carbocycles. The van der Waals surface area contributed by atoms with Crippen molar-refractivity contribution in [3.05, 3.63) is 98.7 Å². The van der Waals surface area contributed by atoms with Gasteiger partial charge in [0.2, 0.25) is 0 Å². The second-order valence-corrected chi connectivity index (χ2v) is 7.79. The molecule has 0 saturated carbocycles. The minimum atomic E-state index is -0.420. The second kappa shape index (κ2) is 11.5. The van der Waals surface area contributed by atoms with Crippen LogP contribution in [0.15, 0.2) is 76.3 Å². The lowest BCUT2D eigenvalue weighted by Gasteiger charge is -2.14. The quantitative estimate of drug-likeness (QED) is 0.227. The number of carbonyl (C=O) groups excluding carboxylic acids is 1. The van der Waals surface area contributed by atoms with Crippen molar-refractivity contribution in [1.29, 1.82) is 0 Å². The number of nitrogens with zero attached hydrogens (tertiary/aromatic N) is 1. The lowest BCUT2D eigenvalue weighted by atomic mass is 10.2. The summed E-state index contributed by atoms with van der Waals surface area (Å²) in [7, 11) is 1.53. The van der Waals surface area contributed by atoms with Crippen LogP contribution in [0, 0.1) is 5.82 Å². The number of rotatable bonds is 8. The van der Waals surface area contributed by atoms with Crippen LogP contribution in [0.25, 0.3) is 6.08 Å². The average Bonchev–Trinajstić information content (AvgIpc) is 2.78. The van der Waals surface area contributed by atoms with Gasteiger partial charge in [-0.05, 0) is 63.5 Å². The number of hydrazone groups is 1. The first-order chi connectivity index (χ1) is 15.5. The average molecular weight is 518 g/mol. The predicted molar refractivity (Wildman–Crippen MR) is 128 cm³/mol. The molecule has 164 valence electrons. The molecular formula is C24H19BrClFN2O3. The van der Waals surface area contributed by atoms with E-state index in [1.54, 1.807) is 36.4 Å². The number of methoxy groups -OCH3 is 1. The third-order valence-corrected chi connectivity index (χ3v) is 5.22. The SMILES string of the molecule is COc1cc(/C=N\NC(=O)/C=C/c2ccc(F)cc2)cc(Br)c1OCc1ccccc1Cl. The summed E-state index contributed by atoms with van der Waals surface area (Å²) in [4.78, 5) is 11.9. The van der Waals surface area contributed by atoms with Gasteiger partial charge in [-0.25, -0.2) is 9.82 Å². The predicted octanol–water partition coefficient (Wildman–Crippen LogP) is 5.99. The highest BCUT2D eigenvalue weighted by Crippen LogP contribution is 2.37. The molecule has 0 spiro atoms. The summed E-state index contributed by atoms with van der Waals surface area (Å²) >= 11 is 9.66. The summed E-state index contributed by atoms with van der Waals surface area (Å²) in [5, 5.41) is 4.57. The normalized spacial score (nSPS) is 11.1. The van der Waals surface area contributed by atoms with Gasteiger partial charge >= 0.3 is 0 Å². The minimum Gasteiger partial charge on any atom is -0.493 e. The number of hydrogen-bond donors (Lipinski definition) is 1. The van der Waals surface area contributed by atoms with Crippen molar-refractivity contribution >= 4 is 45.7 Å². The lowest BCUT2D eigenvalue weighted by Crippen LogP contribution is -2.14. The molecule has 0 atom stereocenters. The maximum atomic E-state index is 12.9. The summed E-state index contributed by atoms with van der Waals surface area (Å²) in [5.74, 6) is 0.264. The van der Waals surface area contributed by atoms with Gasteiger partial charge in [0.25, 0.3) is 5.91 Å². The zero-order chi connectivity index (χ0) is 22.9. The molecule has 0 unspecified atom stereocenters. The van der Waals surface area contributed by atoms with Gasteiger partial charge in [0, 0.05) is 16.7 Å². The molecule has 0 saturated heterocycles. The molecule has 0 aromatic heterocycles. The maximum Gasteiger partial charge on any atom is 0.264 e. The van der Waals surface area contributed by atoms with Crippen LogP contribution in [0.2, 0.25) is 5.02 Å². The Balaban J connectivity index is 1.63. The van der Waals surface area contributed by atoms with Crippen molar-refractivity contribution in [2.24, 2.45) is 5.10 Å². The van der Waals surface area contributed by atoms with E-state index in [1.165, 1.54) is 31.5 Å². The van der Waals surface area contributed by atoms with E-state index in [0.717, 1.165) is 5.56 Å². The van der Waals surface area contributed by atoms with Crippen LogP contribution in [0.5, 0.6) is 11.5 Å². The second-order valence-electron chi connectivity index (χ2n) is 6.53. The number of benzene rings is 3. The van der Waals surface area contributed by atoms with Crippen LogP contribution >= 0.6 is 27.5 Å². The summed E-state index contributed by atoms with van der Waals surface area (Å²) < 4.78 is 24.9. The molecule has 0 aliphatic heterocycles. The van der Waals surface area contributed by atoms with Crippen LogP contribution in [0.1, 0.15) is 16.7 Å². The number of halogens is 3. The number of amides is 1. The van der Waals surface area contributed by atoms with E-state index in [2.05, 4.69) is 26.5 Å². The summed E-state index contributed by atoms with van der Waals surface area (Å²) in [6.45, 7) is 0.276. The molecule has 3 rings (SSSR count). The summed E-state index contributed by atoms with van der Waals surface area (Å²) in [6, 6.07) is 16.7. The Bertz CT molecular complexity index is 1150. The van der Waals surface area contributed by atoms with Gasteiger partial charge in [0.05, 0.1) is 17.8 Å². The molecule has 0 radical (unpaired) electrons. The third kappa shape index (κ3) is 6.67. The Hall–Kier alpha value is -3.16. The monoisotopic (exact) mass is 516 g/mol. The van der Waals surface area contributed by atoms with Gasteiger partial charge in [-0.1, -0.05) is 41.9 Å². The number of nitrogens with one attached hydrogen (secondary N) is 1. The lowest BCUT2D eigenvalue weighted by molar-refractivity contribution is -0.116. The Kier molecular flexibility index (Phi) is 8.41. The van der Waals surface area contributed by atoms with E-state index in [0.29, 0.717) is 32.1 Å². The Morgan fingerprint density at radius 3 is 2.62 bits per heavy atom. The van der Waals surface area contributed by atoms with Gasteiger partial charge in [-0.2, -0.15) is 5.10 Å². The smallest absolute Gasteiger partial charge is 0.264 e. The highest BCUT2D eigenvalue weighted by molar-refractivity contribution is 9.10. The van der Waals surface area contributed by atoms with Crippen LogP contribution in [-0.4, -0.2) is 19.2 Å². The molecule has 0 fully saturated rings. The fourth-order valence-corrected chi connectivity index (χ4v) is 3.44. The van der Waals surface area contributed by atoms with Crippen LogP contribution in [0.4, 0.5) is 4.39 Å². The molecule has 0 bridgehead atoms. The van der Waals surface area contributed by atoms with E-state index in [1.807, 2.05) is 18.2 Å². The molecule has 32 heavy (non-hydrogen) atoms. The Labute approximate surface area is 198 Å². The van der Waals surface area contributed by atoms with Gasteiger partial charge in [-0.15, -0.1) is 0 Å². The van der Waals surface area contributed by atoms with Gasteiger partial charge in [0.15, 0.2) is 11.5 Å². The van der Waals surface area contributed by atoms with Gasteiger partial charge in [-0.3, -0.25) is 4.79 Å². The zero-order valence-corrected chi connectivity index (χ0v) is 19.4. The maximum absolute atomic E-state index is 12.9. The van der Waals surface area contributed by atoms with Crippen LogP contribution < -0.4 is 14.9 Å². The van der Waals surface area contributed by atoms with Crippen LogP contribution in [-0.2, 0) is 11.4 Å². The van der Waals surface area contributed by atoms with Crippen molar-refractivity contribution in [2.45, 2.75) is 6.61 Å². The molecular weight excluding hydrogens is 499 g/mol. The number of carbonyl (C=O) groups is 1. The van der Waals surface area contributed by atoms with Crippen molar-refractivity contribution in [3.8, 4) is 11.5 Å². The fraction of sp³-hybridized carbons (Fsp3) is 0.0833. The molecule has 0 aliphatic carbocycles. The largest absolute Gasteiger partial charge is 0.493 e. The summed E-state index contributed by atoms with van der Waals surface area (Å²) in [6.07, 6.45) is 4.36. The minimum absolute atomic E-state index is 0.276.